The van der Waals surface area contributed by atoms with E-state index < -0.39 is 12.1 Å². The van der Waals surface area contributed by atoms with E-state index in [9.17, 15) is 9.59 Å². The molecule has 1 N–H and O–H groups in total. The van der Waals surface area contributed by atoms with E-state index in [1.54, 1.807) is 31.2 Å². The van der Waals surface area contributed by atoms with E-state index in [-0.39, 0.29) is 12.3 Å². The van der Waals surface area contributed by atoms with E-state index in [1.165, 1.54) is 0 Å². The average molecular weight is 437 g/mol. The average Bonchev–Trinajstić information content (AvgIpc) is 3.06. The van der Waals surface area contributed by atoms with Crippen LogP contribution in [0.4, 0.5) is 5.69 Å². The molecule has 1 unspecified atom stereocenters. The molecular weight excluding hydrogens is 408 g/mol. The van der Waals surface area contributed by atoms with Crippen LogP contribution in [0.1, 0.15) is 40.6 Å². The van der Waals surface area contributed by atoms with E-state index in [0.717, 1.165) is 33.7 Å². The minimum Gasteiger partial charge on any atom is -0.489 e. The summed E-state index contributed by atoms with van der Waals surface area (Å²) in [6, 6.07) is 12.9. The van der Waals surface area contributed by atoms with Crippen molar-refractivity contribution in [1.82, 2.24) is 5.16 Å². The number of aryl methyl sites for hydroxylation is 4. The fourth-order valence-electron chi connectivity index (χ4n) is 3.21. The first-order valence-corrected chi connectivity index (χ1v) is 10.4. The Hall–Kier alpha value is -3.61. The number of anilines is 1. The standard InChI is InChI=1S/C25H28N2O5/c1-15-6-11-23(16(2)12-15)26-25(29)19(5)31-24(28)13-20-7-9-21(10-8-20)30-14-22-17(3)27-32-18(22)4/h6-12,19H,13-14H2,1-5H3,(H,26,29). The van der Waals surface area contributed by atoms with E-state index >= 15 is 0 Å². The number of ether oxygens (including phenoxy) is 2. The van der Waals surface area contributed by atoms with Crippen LogP contribution in [0.15, 0.2) is 47.0 Å². The Labute approximate surface area is 187 Å². The van der Waals surface area contributed by atoms with Crippen LogP contribution in [0, 0.1) is 27.7 Å². The first-order chi connectivity index (χ1) is 15.2. The van der Waals surface area contributed by atoms with E-state index in [0.29, 0.717) is 18.0 Å². The number of esters is 1. The van der Waals surface area contributed by atoms with Gasteiger partial charge in [0.15, 0.2) is 6.10 Å². The molecule has 0 aliphatic rings. The van der Waals surface area contributed by atoms with Gasteiger partial charge in [-0.3, -0.25) is 9.59 Å². The smallest absolute Gasteiger partial charge is 0.311 e. The Morgan fingerprint density at radius 1 is 1.06 bits per heavy atom. The molecule has 0 aliphatic heterocycles. The summed E-state index contributed by atoms with van der Waals surface area (Å²) in [5.74, 6) is 0.562. The van der Waals surface area contributed by atoms with Gasteiger partial charge in [-0.05, 0) is 63.9 Å². The van der Waals surface area contributed by atoms with E-state index in [4.69, 9.17) is 14.0 Å². The molecule has 0 fully saturated rings. The van der Waals surface area contributed by atoms with Crippen LogP contribution in [0.5, 0.6) is 5.75 Å². The van der Waals surface area contributed by atoms with Gasteiger partial charge >= 0.3 is 5.97 Å². The Bertz CT molecular complexity index is 1080. The number of amides is 1. The number of hydrogen-bond acceptors (Lipinski definition) is 6. The molecular formula is C25H28N2O5. The fourth-order valence-corrected chi connectivity index (χ4v) is 3.21. The molecule has 168 valence electrons. The van der Waals surface area contributed by atoms with Crippen molar-refractivity contribution in [3.05, 3.63) is 76.2 Å². The third-order valence-corrected chi connectivity index (χ3v) is 5.15. The molecule has 0 bridgehead atoms. The van der Waals surface area contributed by atoms with Crippen LogP contribution in [-0.4, -0.2) is 23.1 Å². The lowest BCUT2D eigenvalue weighted by Crippen LogP contribution is -2.30. The molecule has 32 heavy (non-hydrogen) atoms. The quantitative estimate of drug-likeness (QED) is 0.519. The van der Waals surface area contributed by atoms with Crippen molar-refractivity contribution < 1.29 is 23.6 Å². The molecule has 1 amide bonds. The number of benzene rings is 2. The number of aromatic nitrogens is 1. The van der Waals surface area contributed by atoms with Gasteiger partial charge in [-0.2, -0.15) is 0 Å². The summed E-state index contributed by atoms with van der Waals surface area (Å²) in [6.45, 7) is 9.53. The Morgan fingerprint density at radius 3 is 2.41 bits per heavy atom. The minimum atomic E-state index is -0.902. The van der Waals surface area contributed by atoms with Crippen LogP contribution in [-0.2, 0) is 27.4 Å². The number of carbonyl (C=O) groups is 2. The van der Waals surface area contributed by atoms with Gasteiger partial charge in [-0.15, -0.1) is 0 Å². The third-order valence-electron chi connectivity index (χ3n) is 5.15. The van der Waals surface area contributed by atoms with E-state index in [1.807, 2.05) is 45.9 Å². The lowest BCUT2D eigenvalue weighted by molar-refractivity contribution is -0.152. The van der Waals surface area contributed by atoms with Gasteiger partial charge in [0, 0.05) is 5.69 Å². The van der Waals surface area contributed by atoms with Gasteiger partial charge in [0.1, 0.15) is 18.1 Å². The largest absolute Gasteiger partial charge is 0.489 e. The second-order valence-corrected chi connectivity index (χ2v) is 7.85. The van der Waals surface area contributed by atoms with Crippen LogP contribution < -0.4 is 10.1 Å². The van der Waals surface area contributed by atoms with Gasteiger partial charge < -0.3 is 19.3 Å². The molecule has 3 rings (SSSR count). The summed E-state index contributed by atoms with van der Waals surface area (Å²) >= 11 is 0. The highest BCUT2D eigenvalue weighted by molar-refractivity contribution is 5.95. The SMILES string of the molecule is Cc1ccc(NC(=O)C(C)OC(=O)Cc2ccc(OCc3c(C)noc3C)cc2)c(C)c1. The van der Waals surface area contributed by atoms with E-state index in [2.05, 4.69) is 10.5 Å². The lowest BCUT2D eigenvalue weighted by Gasteiger charge is -2.15. The first-order valence-electron chi connectivity index (χ1n) is 10.4. The van der Waals surface area contributed by atoms with Crippen molar-refractivity contribution >= 4 is 17.6 Å². The minimum absolute atomic E-state index is 0.0608. The van der Waals surface area contributed by atoms with Crippen molar-refractivity contribution in [2.75, 3.05) is 5.32 Å². The molecule has 1 atom stereocenters. The molecule has 7 heteroatoms. The molecule has 1 aromatic heterocycles. The van der Waals surface area contributed by atoms with Crippen molar-refractivity contribution in [3.8, 4) is 5.75 Å². The molecule has 1 heterocycles. The highest BCUT2D eigenvalue weighted by atomic mass is 16.5. The maximum atomic E-state index is 12.4. The Balaban J connectivity index is 1.49. The van der Waals surface area contributed by atoms with Gasteiger partial charge in [0.2, 0.25) is 0 Å². The normalized spacial score (nSPS) is 11.7. The molecule has 0 saturated heterocycles. The number of nitrogens with zero attached hydrogens (tertiary/aromatic N) is 1. The maximum Gasteiger partial charge on any atom is 0.311 e. The number of carbonyl (C=O) groups excluding carboxylic acids is 2. The summed E-state index contributed by atoms with van der Waals surface area (Å²) in [4.78, 5) is 24.7. The zero-order valence-corrected chi connectivity index (χ0v) is 19.0. The highest BCUT2D eigenvalue weighted by Crippen LogP contribution is 2.19. The van der Waals surface area contributed by atoms with Crippen LogP contribution >= 0.6 is 0 Å². The maximum absolute atomic E-state index is 12.4. The van der Waals surface area contributed by atoms with Crippen molar-refractivity contribution in [2.24, 2.45) is 0 Å². The fraction of sp³-hybridized carbons (Fsp3) is 0.320. The third kappa shape index (κ3) is 5.97. The summed E-state index contributed by atoms with van der Waals surface area (Å²) in [7, 11) is 0. The molecule has 2 aromatic carbocycles. The summed E-state index contributed by atoms with van der Waals surface area (Å²) in [5, 5.41) is 6.71. The molecule has 0 radical (unpaired) electrons. The summed E-state index contributed by atoms with van der Waals surface area (Å²) in [5.41, 5.74) is 5.26. The molecule has 0 aliphatic carbocycles. The summed E-state index contributed by atoms with van der Waals surface area (Å²) < 4.78 is 16.2. The van der Waals surface area contributed by atoms with Crippen LogP contribution in [0.3, 0.4) is 0 Å². The molecule has 0 saturated carbocycles. The number of rotatable bonds is 8. The van der Waals surface area contributed by atoms with Gasteiger partial charge in [-0.1, -0.05) is 35.0 Å². The second kappa shape index (κ2) is 10.1. The topological polar surface area (TPSA) is 90.7 Å². The molecule has 7 nitrogen and oxygen atoms in total. The first kappa shape index (κ1) is 23.1. The van der Waals surface area contributed by atoms with Gasteiger partial charge in [0.05, 0.1) is 17.7 Å². The zero-order chi connectivity index (χ0) is 23.3. The van der Waals surface area contributed by atoms with Gasteiger partial charge in [0.25, 0.3) is 5.91 Å². The summed E-state index contributed by atoms with van der Waals surface area (Å²) in [6.07, 6.45) is -0.841. The van der Waals surface area contributed by atoms with Gasteiger partial charge in [-0.25, -0.2) is 0 Å². The van der Waals surface area contributed by atoms with Crippen LogP contribution in [0.25, 0.3) is 0 Å². The molecule has 0 spiro atoms. The van der Waals surface area contributed by atoms with Crippen molar-refractivity contribution in [2.45, 2.75) is 53.8 Å². The zero-order valence-electron chi connectivity index (χ0n) is 19.0. The number of hydrogen-bond donors (Lipinski definition) is 1. The Morgan fingerprint density at radius 2 is 1.78 bits per heavy atom. The second-order valence-electron chi connectivity index (χ2n) is 7.85. The van der Waals surface area contributed by atoms with Crippen LogP contribution in [0.2, 0.25) is 0 Å². The lowest BCUT2D eigenvalue weighted by atomic mass is 10.1. The van der Waals surface area contributed by atoms with Crippen molar-refractivity contribution in [3.63, 3.8) is 0 Å². The predicted octanol–water partition coefficient (Wildman–Crippen LogP) is 4.60. The monoisotopic (exact) mass is 436 g/mol. The Kier molecular flexibility index (Phi) is 7.30. The highest BCUT2D eigenvalue weighted by Gasteiger charge is 2.19. The number of nitrogens with one attached hydrogen (secondary N) is 1. The molecule has 3 aromatic rings. The van der Waals surface area contributed by atoms with Crippen molar-refractivity contribution in [1.29, 1.82) is 0 Å². The predicted molar refractivity (Wildman–Crippen MR) is 121 cm³/mol.